The number of ether oxygens (including phenoxy) is 1. The molecule has 0 spiro atoms. The van der Waals surface area contributed by atoms with Crippen LogP contribution in [0.3, 0.4) is 0 Å². The molecular formula is C12H14O2. The molecule has 0 aliphatic heterocycles. The summed E-state index contributed by atoms with van der Waals surface area (Å²) in [6, 6.07) is 5.45. The maximum absolute atomic E-state index is 11.4. The summed E-state index contributed by atoms with van der Waals surface area (Å²) in [5, 5.41) is 0. The first kappa shape index (κ1) is 10.5. The third-order valence-electron chi connectivity index (χ3n) is 2.01. The van der Waals surface area contributed by atoms with E-state index in [1.807, 2.05) is 13.0 Å². The van der Waals surface area contributed by atoms with Crippen molar-refractivity contribution in [2.24, 2.45) is 0 Å². The highest BCUT2D eigenvalue weighted by molar-refractivity contribution is 5.90. The van der Waals surface area contributed by atoms with Crippen LogP contribution in [0, 0.1) is 6.92 Å². The van der Waals surface area contributed by atoms with Crippen molar-refractivity contribution in [2.75, 3.05) is 6.61 Å². The topological polar surface area (TPSA) is 26.3 Å². The molecule has 0 saturated heterocycles. The molecule has 2 nitrogen and oxygen atoms in total. The largest absolute Gasteiger partial charge is 0.462 e. The third kappa shape index (κ3) is 2.22. The van der Waals surface area contributed by atoms with E-state index in [0.717, 1.165) is 11.1 Å². The number of hydrogen-bond donors (Lipinski definition) is 0. The van der Waals surface area contributed by atoms with E-state index in [9.17, 15) is 4.79 Å². The Kier molecular flexibility index (Phi) is 3.46. The van der Waals surface area contributed by atoms with Crippen LogP contribution in [0.1, 0.15) is 28.4 Å². The van der Waals surface area contributed by atoms with Crippen molar-refractivity contribution in [2.45, 2.75) is 13.8 Å². The first-order valence-corrected chi connectivity index (χ1v) is 4.59. The average molecular weight is 190 g/mol. The second-order valence-corrected chi connectivity index (χ2v) is 3.00. The number of aryl methyl sites for hydroxylation is 1. The fourth-order valence-electron chi connectivity index (χ4n) is 1.20. The first-order valence-electron chi connectivity index (χ1n) is 4.59. The summed E-state index contributed by atoms with van der Waals surface area (Å²) in [6.45, 7) is 7.86. The quantitative estimate of drug-likeness (QED) is 0.685. The van der Waals surface area contributed by atoms with E-state index in [4.69, 9.17) is 4.74 Å². The Morgan fingerprint density at radius 2 is 2.29 bits per heavy atom. The van der Waals surface area contributed by atoms with Gasteiger partial charge in [0.15, 0.2) is 0 Å². The molecule has 14 heavy (non-hydrogen) atoms. The van der Waals surface area contributed by atoms with Crippen LogP contribution >= 0.6 is 0 Å². The van der Waals surface area contributed by atoms with Crippen LogP contribution in [0.15, 0.2) is 24.8 Å². The van der Waals surface area contributed by atoms with Gasteiger partial charge in [-0.1, -0.05) is 18.7 Å². The predicted octanol–water partition coefficient (Wildman–Crippen LogP) is 2.81. The molecule has 0 saturated carbocycles. The lowest BCUT2D eigenvalue weighted by atomic mass is 10.1. The fraction of sp³-hybridized carbons (Fsp3) is 0.250. The van der Waals surface area contributed by atoms with Gasteiger partial charge in [0.1, 0.15) is 0 Å². The molecule has 0 unspecified atom stereocenters. The fourth-order valence-corrected chi connectivity index (χ4v) is 1.20. The summed E-state index contributed by atoms with van der Waals surface area (Å²) in [5.41, 5.74) is 2.65. The van der Waals surface area contributed by atoms with Gasteiger partial charge in [-0.15, -0.1) is 0 Å². The number of hydrogen-bond acceptors (Lipinski definition) is 2. The van der Waals surface area contributed by atoms with E-state index in [0.29, 0.717) is 12.2 Å². The predicted molar refractivity (Wildman–Crippen MR) is 57.2 cm³/mol. The van der Waals surface area contributed by atoms with Gasteiger partial charge in [-0.25, -0.2) is 4.79 Å². The Morgan fingerprint density at radius 1 is 1.57 bits per heavy atom. The zero-order valence-corrected chi connectivity index (χ0v) is 8.54. The number of carbonyl (C=O) groups is 1. The number of carbonyl (C=O) groups excluding carboxylic acids is 1. The summed E-state index contributed by atoms with van der Waals surface area (Å²) >= 11 is 0. The average Bonchev–Trinajstić information content (AvgIpc) is 2.19. The van der Waals surface area contributed by atoms with Crippen LogP contribution in [-0.2, 0) is 4.74 Å². The van der Waals surface area contributed by atoms with Crippen LogP contribution in [0.5, 0.6) is 0 Å². The Labute approximate surface area is 84.2 Å². The van der Waals surface area contributed by atoms with E-state index in [-0.39, 0.29) is 5.97 Å². The lowest BCUT2D eigenvalue weighted by Crippen LogP contribution is -2.04. The Bertz CT molecular complexity index is 353. The molecule has 0 atom stereocenters. The second kappa shape index (κ2) is 4.61. The summed E-state index contributed by atoms with van der Waals surface area (Å²) in [5.74, 6) is -0.282. The molecule has 0 N–H and O–H groups in total. The Morgan fingerprint density at radius 3 is 2.86 bits per heavy atom. The summed E-state index contributed by atoms with van der Waals surface area (Å²) in [6.07, 6.45) is 1.73. The highest BCUT2D eigenvalue weighted by Gasteiger charge is 2.06. The molecule has 1 aromatic rings. The van der Waals surface area contributed by atoms with Gasteiger partial charge in [-0.05, 0) is 37.1 Å². The highest BCUT2D eigenvalue weighted by atomic mass is 16.5. The minimum absolute atomic E-state index is 0.282. The smallest absolute Gasteiger partial charge is 0.338 e. The van der Waals surface area contributed by atoms with Gasteiger partial charge in [0.2, 0.25) is 0 Å². The van der Waals surface area contributed by atoms with Gasteiger partial charge in [0.25, 0.3) is 0 Å². The van der Waals surface area contributed by atoms with Gasteiger partial charge < -0.3 is 4.74 Å². The van der Waals surface area contributed by atoms with Gasteiger partial charge in [-0.3, -0.25) is 0 Å². The molecule has 0 aliphatic rings. The normalized spacial score (nSPS) is 9.57. The van der Waals surface area contributed by atoms with E-state index in [2.05, 4.69) is 6.58 Å². The van der Waals surface area contributed by atoms with Gasteiger partial charge in [-0.2, -0.15) is 0 Å². The van der Waals surface area contributed by atoms with Gasteiger partial charge in [0.05, 0.1) is 12.2 Å². The molecule has 0 bridgehead atoms. The molecule has 0 aromatic heterocycles. The van der Waals surface area contributed by atoms with Crippen molar-refractivity contribution in [1.29, 1.82) is 0 Å². The molecule has 1 aromatic carbocycles. The van der Waals surface area contributed by atoms with Crippen molar-refractivity contribution in [1.82, 2.24) is 0 Å². The standard InChI is InChI=1S/C12H14O2/c1-4-10-8-11(7-6-9(10)3)12(13)14-5-2/h4,6-8H,1,5H2,2-3H3. The Hall–Kier alpha value is -1.57. The van der Waals surface area contributed by atoms with Crippen molar-refractivity contribution >= 4 is 12.0 Å². The maximum Gasteiger partial charge on any atom is 0.338 e. The summed E-state index contributed by atoms with van der Waals surface area (Å²) in [4.78, 5) is 11.4. The molecule has 0 aliphatic carbocycles. The molecule has 1 rings (SSSR count). The van der Waals surface area contributed by atoms with Crippen molar-refractivity contribution in [3.8, 4) is 0 Å². The third-order valence-corrected chi connectivity index (χ3v) is 2.01. The van der Waals surface area contributed by atoms with Crippen molar-refractivity contribution in [3.05, 3.63) is 41.5 Å². The SMILES string of the molecule is C=Cc1cc(C(=O)OCC)ccc1C. The lowest BCUT2D eigenvalue weighted by Gasteiger charge is -2.04. The molecule has 2 heteroatoms. The first-order chi connectivity index (χ1) is 6.69. The number of benzene rings is 1. The zero-order valence-electron chi connectivity index (χ0n) is 8.54. The minimum Gasteiger partial charge on any atom is -0.462 e. The number of rotatable bonds is 3. The van der Waals surface area contributed by atoms with E-state index in [1.165, 1.54) is 0 Å². The second-order valence-electron chi connectivity index (χ2n) is 3.00. The monoisotopic (exact) mass is 190 g/mol. The van der Waals surface area contributed by atoms with E-state index < -0.39 is 0 Å². The van der Waals surface area contributed by atoms with Crippen LogP contribution in [-0.4, -0.2) is 12.6 Å². The lowest BCUT2D eigenvalue weighted by molar-refractivity contribution is 0.0526. The van der Waals surface area contributed by atoms with Crippen LogP contribution in [0.2, 0.25) is 0 Å². The van der Waals surface area contributed by atoms with Gasteiger partial charge in [0, 0.05) is 0 Å². The van der Waals surface area contributed by atoms with Crippen LogP contribution in [0.4, 0.5) is 0 Å². The van der Waals surface area contributed by atoms with Gasteiger partial charge >= 0.3 is 5.97 Å². The van der Waals surface area contributed by atoms with E-state index in [1.54, 1.807) is 25.1 Å². The Balaban J connectivity index is 3.00. The van der Waals surface area contributed by atoms with Crippen molar-refractivity contribution < 1.29 is 9.53 Å². The van der Waals surface area contributed by atoms with Crippen LogP contribution < -0.4 is 0 Å². The summed E-state index contributed by atoms with van der Waals surface area (Å²) in [7, 11) is 0. The maximum atomic E-state index is 11.4. The molecule has 0 amide bonds. The molecule has 0 fully saturated rings. The highest BCUT2D eigenvalue weighted by Crippen LogP contribution is 2.13. The molecular weight excluding hydrogens is 176 g/mol. The number of esters is 1. The molecule has 0 radical (unpaired) electrons. The summed E-state index contributed by atoms with van der Waals surface area (Å²) < 4.78 is 4.89. The minimum atomic E-state index is -0.282. The zero-order chi connectivity index (χ0) is 10.6. The van der Waals surface area contributed by atoms with E-state index >= 15 is 0 Å². The van der Waals surface area contributed by atoms with Crippen LogP contribution in [0.25, 0.3) is 6.08 Å². The molecule has 74 valence electrons. The van der Waals surface area contributed by atoms with Crippen molar-refractivity contribution in [3.63, 3.8) is 0 Å². The molecule has 0 heterocycles.